The Labute approximate surface area is 120 Å². The van der Waals surface area contributed by atoms with E-state index in [9.17, 15) is 0 Å². The molecular weight excluding hydrogens is 250 g/mol. The van der Waals surface area contributed by atoms with Gasteiger partial charge < -0.3 is 5.32 Å². The highest BCUT2D eigenvalue weighted by Crippen LogP contribution is 2.30. The molecule has 2 aromatic rings. The zero-order valence-electron chi connectivity index (χ0n) is 12.3. The fraction of sp³-hybridized carbons (Fsp3) is 0.412. The molecule has 1 nitrogen and oxygen atoms in total. The molecule has 1 aromatic heterocycles. The lowest BCUT2D eigenvalue weighted by Gasteiger charge is -2.21. The Morgan fingerprint density at radius 3 is 2.47 bits per heavy atom. The Morgan fingerprint density at radius 2 is 1.89 bits per heavy atom. The minimum absolute atomic E-state index is 0.326. The molecule has 1 atom stereocenters. The minimum atomic E-state index is 0.326. The van der Waals surface area contributed by atoms with E-state index in [0.717, 1.165) is 13.0 Å². The molecular formula is C17H23NS. The van der Waals surface area contributed by atoms with Crippen LogP contribution in [0.5, 0.6) is 0 Å². The lowest BCUT2D eigenvalue weighted by atomic mass is 9.94. The average molecular weight is 273 g/mol. The van der Waals surface area contributed by atoms with Crippen LogP contribution in [0.4, 0.5) is 0 Å². The van der Waals surface area contributed by atoms with Crippen LogP contribution in [0, 0.1) is 20.8 Å². The van der Waals surface area contributed by atoms with Crippen LogP contribution in [0.1, 0.15) is 46.5 Å². The molecule has 0 aliphatic carbocycles. The summed E-state index contributed by atoms with van der Waals surface area (Å²) in [5, 5.41) is 5.89. The third-order valence-corrected chi connectivity index (χ3v) is 4.41. The molecule has 2 rings (SSSR count). The van der Waals surface area contributed by atoms with Gasteiger partial charge in [-0.15, -0.1) is 11.3 Å². The Morgan fingerprint density at radius 1 is 1.11 bits per heavy atom. The van der Waals surface area contributed by atoms with E-state index < -0.39 is 0 Å². The first-order chi connectivity index (χ1) is 9.13. The molecule has 102 valence electrons. The Hall–Kier alpha value is -1.12. The van der Waals surface area contributed by atoms with Gasteiger partial charge in [0.1, 0.15) is 0 Å². The van der Waals surface area contributed by atoms with Gasteiger partial charge in [-0.25, -0.2) is 0 Å². The van der Waals surface area contributed by atoms with Crippen LogP contribution in [-0.2, 0) is 0 Å². The molecule has 2 heteroatoms. The first kappa shape index (κ1) is 14.3. The quantitative estimate of drug-likeness (QED) is 0.828. The number of nitrogens with one attached hydrogen (secondary N) is 1. The molecule has 0 radical (unpaired) electrons. The smallest absolute Gasteiger partial charge is 0.0590 e. The van der Waals surface area contributed by atoms with E-state index >= 15 is 0 Å². The van der Waals surface area contributed by atoms with E-state index in [1.165, 1.54) is 27.1 Å². The summed E-state index contributed by atoms with van der Waals surface area (Å²) in [5.41, 5.74) is 5.53. The Balaban J connectivity index is 2.40. The summed E-state index contributed by atoms with van der Waals surface area (Å²) >= 11 is 1.83. The fourth-order valence-corrected chi connectivity index (χ4v) is 3.26. The highest BCUT2D eigenvalue weighted by molar-refractivity contribution is 7.10. The molecule has 1 aromatic carbocycles. The van der Waals surface area contributed by atoms with Crippen LogP contribution in [-0.4, -0.2) is 6.54 Å². The summed E-state index contributed by atoms with van der Waals surface area (Å²) in [4.78, 5) is 1.41. The number of hydrogen-bond donors (Lipinski definition) is 1. The van der Waals surface area contributed by atoms with Gasteiger partial charge in [0.15, 0.2) is 0 Å². The topological polar surface area (TPSA) is 12.0 Å². The first-order valence-electron chi connectivity index (χ1n) is 6.98. The molecule has 0 aliphatic rings. The van der Waals surface area contributed by atoms with Crippen molar-refractivity contribution in [3.05, 3.63) is 56.8 Å². The summed E-state index contributed by atoms with van der Waals surface area (Å²) in [5.74, 6) is 0. The number of benzene rings is 1. The largest absolute Gasteiger partial charge is 0.306 e. The standard InChI is InChI=1S/C17H23NS/c1-5-9-18-17(16-8-10-19-14(16)4)15-7-6-12(2)11-13(15)3/h6-8,10-11,17-18H,5,9H2,1-4H3. The summed E-state index contributed by atoms with van der Waals surface area (Å²) in [6.45, 7) is 9.84. The number of aryl methyl sites for hydroxylation is 3. The van der Waals surface area contributed by atoms with Crippen LogP contribution in [0.2, 0.25) is 0 Å². The van der Waals surface area contributed by atoms with Gasteiger partial charge in [-0.3, -0.25) is 0 Å². The molecule has 0 bridgehead atoms. The van der Waals surface area contributed by atoms with E-state index in [1.54, 1.807) is 0 Å². The average Bonchev–Trinajstić information content (AvgIpc) is 2.78. The Kier molecular flexibility index (Phi) is 4.78. The zero-order chi connectivity index (χ0) is 13.8. The normalized spacial score (nSPS) is 12.6. The first-order valence-corrected chi connectivity index (χ1v) is 7.86. The van der Waals surface area contributed by atoms with Gasteiger partial charge in [-0.05, 0) is 61.9 Å². The van der Waals surface area contributed by atoms with Gasteiger partial charge in [-0.2, -0.15) is 0 Å². The zero-order valence-corrected chi connectivity index (χ0v) is 13.1. The minimum Gasteiger partial charge on any atom is -0.306 e. The fourth-order valence-electron chi connectivity index (χ4n) is 2.52. The molecule has 0 fully saturated rings. The molecule has 0 amide bonds. The number of thiophene rings is 1. The second-order valence-corrected chi connectivity index (χ2v) is 6.30. The summed E-state index contributed by atoms with van der Waals surface area (Å²) in [6, 6.07) is 9.34. The van der Waals surface area contributed by atoms with Crippen molar-refractivity contribution in [2.45, 2.75) is 40.2 Å². The predicted octanol–water partition coefficient (Wildman–Crippen LogP) is 4.76. The molecule has 1 unspecified atom stereocenters. The highest BCUT2D eigenvalue weighted by Gasteiger charge is 2.17. The lowest BCUT2D eigenvalue weighted by molar-refractivity contribution is 0.595. The third-order valence-electron chi connectivity index (χ3n) is 3.54. The lowest BCUT2D eigenvalue weighted by Crippen LogP contribution is -2.24. The molecule has 0 saturated carbocycles. The van der Waals surface area contributed by atoms with E-state index in [4.69, 9.17) is 0 Å². The summed E-state index contributed by atoms with van der Waals surface area (Å²) < 4.78 is 0. The second kappa shape index (κ2) is 6.36. The van der Waals surface area contributed by atoms with Crippen LogP contribution in [0.25, 0.3) is 0 Å². The van der Waals surface area contributed by atoms with Crippen molar-refractivity contribution in [3.63, 3.8) is 0 Å². The van der Waals surface area contributed by atoms with Crippen LogP contribution < -0.4 is 5.32 Å². The Bertz CT molecular complexity index is 542. The van der Waals surface area contributed by atoms with E-state index in [-0.39, 0.29) is 0 Å². The third kappa shape index (κ3) is 3.26. The van der Waals surface area contributed by atoms with E-state index in [1.807, 2.05) is 11.3 Å². The van der Waals surface area contributed by atoms with Gasteiger partial charge in [-0.1, -0.05) is 30.7 Å². The predicted molar refractivity (Wildman–Crippen MR) is 85.1 cm³/mol. The van der Waals surface area contributed by atoms with Crippen molar-refractivity contribution < 1.29 is 0 Å². The van der Waals surface area contributed by atoms with Crippen molar-refractivity contribution in [3.8, 4) is 0 Å². The molecule has 0 saturated heterocycles. The van der Waals surface area contributed by atoms with Crippen molar-refractivity contribution in [1.82, 2.24) is 5.32 Å². The SMILES string of the molecule is CCCNC(c1ccc(C)cc1C)c1ccsc1C. The second-order valence-electron chi connectivity index (χ2n) is 5.18. The van der Waals surface area contributed by atoms with Crippen LogP contribution in [0.3, 0.4) is 0 Å². The summed E-state index contributed by atoms with van der Waals surface area (Å²) in [7, 11) is 0. The van der Waals surface area contributed by atoms with Crippen molar-refractivity contribution >= 4 is 11.3 Å². The van der Waals surface area contributed by atoms with Crippen molar-refractivity contribution in [1.29, 1.82) is 0 Å². The van der Waals surface area contributed by atoms with Crippen LogP contribution in [0.15, 0.2) is 29.6 Å². The van der Waals surface area contributed by atoms with Gasteiger partial charge in [0.05, 0.1) is 6.04 Å². The molecule has 0 aliphatic heterocycles. The molecule has 1 N–H and O–H groups in total. The highest BCUT2D eigenvalue weighted by atomic mass is 32.1. The maximum Gasteiger partial charge on any atom is 0.0590 e. The number of rotatable bonds is 5. The maximum absolute atomic E-state index is 3.70. The van der Waals surface area contributed by atoms with Gasteiger partial charge in [0, 0.05) is 4.88 Å². The van der Waals surface area contributed by atoms with Gasteiger partial charge in [0.25, 0.3) is 0 Å². The van der Waals surface area contributed by atoms with Crippen LogP contribution >= 0.6 is 11.3 Å². The molecule has 19 heavy (non-hydrogen) atoms. The van der Waals surface area contributed by atoms with E-state index in [2.05, 4.69) is 62.7 Å². The molecule has 1 heterocycles. The van der Waals surface area contributed by atoms with Gasteiger partial charge in [0.2, 0.25) is 0 Å². The monoisotopic (exact) mass is 273 g/mol. The molecule has 0 spiro atoms. The maximum atomic E-state index is 3.70. The summed E-state index contributed by atoms with van der Waals surface area (Å²) in [6.07, 6.45) is 1.16. The van der Waals surface area contributed by atoms with E-state index in [0.29, 0.717) is 6.04 Å². The van der Waals surface area contributed by atoms with Crippen molar-refractivity contribution in [2.24, 2.45) is 0 Å². The van der Waals surface area contributed by atoms with Gasteiger partial charge >= 0.3 is 0 Å². The van der Waals surface area contributed by atoms with Crippen molar-refractivity contribution in [2.75, 3.05) is 6.54 Å². The number of hydrogen-bond acceptors (Lipinski definition) is 2.